The smallest absolute Gasteiger partial charge is 0.319 e. The van der Waals surface area contributed by atoms with Crippen molar-refractivity contribution in [3.8, 4) is 0 Å². The van der Waals surface area contributed by atoms with Crippen LogP contribution in [0.4, 0.5) is 0 Å². The number of esters is 1. The molecule has 2 heterocycles. The summed E-state index contributed by atoms with van der Waals surface area (Å²) in [7, 11) is 0. The van der Waals surface area contributed by atoms with E-state index in [1.54, 1.807) is 0 Å². The molecule has 2 aromatic rings. The topological polar surface area (TPSA) is 57.0 Å². The van der Waals surface area contributed by atoms with Crippen LogP contribution < -0.4 is 0 Å². The van der Waals surface area contributed by atoms with Crippen molar-refractivity contribution in [2.45, 2.75) is 55.2 Å². The van der Waals surface area contributed by atoms with Crippen LogP contribution in [0.3, 0.4) is 0 Å². The van der Waals surface area contributed by atoms with Crippen LogP contribution in [-0.2, 0) is 16.1 Å². The van der Waals surface area contributed by atoms with Gasteiger partial charge in [-0.2, -0.15) is 0 Å². The zero-order valence-electron chi connectivity index (χ0n) is 13.0. The van der Waals surface area contributed by atoms with Gasteiger partial charge in [0, 0.05) is 12.3 Å². The van der Waals surface area contributed by atoms with Crippen molar-refractivity contribution in [3.63, 3.8) is 0 Å². The molecular formula is C17H19N3O2S. The minimum absolute atomic E-state index is 0.00611. The van der Waals surface area contributed by atoms with E-state index in [2.05, 4.69) is 26.9 Å². The van der Waals surface area contributed by atoms with Crippen LogP contribution in [0.5, 0.6) is 0 Å². The van der Waals surface area contributed by atoms with Crippen LogP contribution in [0.1, 0.15) is 43.5 Å². The van der Waals surface area contributed by atoms with Gasteiger partial charge < -0.3 is 9.30 Å². The molecule has 2 fully saturated rings. The lowest BCUT2D eigenvalue weighted by atomic mass is 10.2. The third kappa shape index (κ3) is 3.13. The summed E-state index contributed by atoms with van der Waals surface area (Å²) >= 11 is 1.49. The molecule has 0 spiro atoms. The van der Waals surface area contributed by atoms with Gasteiger partial charge in [0.1, 0.15) is 17.2 Å². The lowest BCUT2D eigenvalue weighted by molar-refractivity contribution is -0.140. The maximum atomic E-state index is 11.9. The van der Waals surface area contributed by atoms with E-state index in [9.17, 15) is 4.79 Å². The third-order valence-electron chi connectivity index (χ3n) is 4.25. The summed E-state index contributed by atoms with van der Waals surface area (Å²) in [5.41, 5.74) is 1.22. The van der Waals surface area contributed by atoms with Crippen molar-refractivity contribution in [2.24, 2.45) is 0 Å². The lowest BCUT2D eigenvalue weighted by Crippen LogP contribution is -2.12. The molecule has 23 heavy (non-hydrogen) atoms. The molecule has 0 N–H and O–H groups in total. The van der Waals surface area contributed by atoms with Gasteiger partial charge in [-0.3, -0.25) is 4.79 Å². The van der Waals surface area contributed by atoms with Gasteiger partial charge >= 0.3 is 5.97 Å². The molecule has 5 nitrogen and oxygen atoms in total. The molecule has 2 aliphatic rings. The molecule has 120 valence electrons. The highest BCUT2D eigenvalue weighted by molar-refractivity contribution is 8.00. The van der Waals surface area contributed by atoms with E-state index in [4.69, 9.17) is 4.74 Å². The Kier molecular flexibility index (Phi) is 3.85. The first-order valence-electron chi connectivity index (χ1n) is 8.05. The Hall–Kier alpha value is -1.82. The molecule has 1 saturated heterocycles. The molecule has 2 unspecified atom stereocenters. The molecule has 0 bridgehead atoms. The van der Waals surface area contributed by atoms with Crippen molar-refractivity contribution in [3.05, 3.63) is 41.7 Å². The molecular weight excluding hydrogens is 310 g/mol. The summed E-state index contributed by atoms with van der Waals surface area (Å²) in [5, 5.41) is 9.42. The molecule has 6 heteroatoms. The normalized spacial score (nSPS) is 24.0. The zero-order valence-corrected chi connectivity index (χ0v) is 13.8. The van der Waals surface area contributed by atoms with Crippen LogP contribution in [0.15, 0.2) is 35.5 Å². The second-order valence-electron chi connectivity index (χ2n) is 6.28. The second-order valence-corrected chi connectivity index (χ2v) is 7.45. The zero-order chi connectivity index (χ0) is 15.8. The number of ether oxygens (including phenoxy) is 1. The van der Waals surface area contributed by atoms with Crippen LogP contribution >= 0.6 is 11.8 Å². The number of rotatable bonds is 5. The van der Waals surface area contributed by atoms with Gasteiger partial charge in [-0.15, -0.1) is 10.2 Å². The number of hydrogen-bond donors (Lipinski definition) is 0. The first-order valence-corrected chi connectivity index (χ1v) is 8.93. The molecule has 1 saturated carbocycles. The molecule has 1 aliphatic heterocycles. The number of carbonyl (C=O) groups excluding carboxylic acids is 1. The van der Waals surface area contributed by atoms with Crippen LogP contribution in [-0.4, -0.2) is 32.1 Å². The van der Waals surface area contributed by atoms with Crippen molar-refractivity contribution >= 4 is 17.7 Å². The van der Waals surface area contributed by atoms with Crippen molar-refractivity contribution < 1.29 is 9.53 Å². The highest BCUT2D eigenvalue weighted by Crippen LogP contribution is 2.41. The van der Waals surface area contributed by atoms with Crippen molar-refractivity contribution in [1.29, 1.82) is 0 Å². The van der Waals surface area contributed by atoms with Gasteiger partial charge in [0.2, 0.25) is 0 Å². The monoisotopic (exact) mass is 329 g/mol. The summed E-state index contributed by atoms with van der Waals surface area (Å²) in [6, 6.07) is 10.3. The first kappa shape index (κ1) is 14.8. The van der Waals surface area contributed by atoms with Crippen LogP contribution in [0.25, 0.3) is 0 Å². The summed E-state index contributed by atoms with van der Waals surface area (Å²) in [5.74, 6) is 1.44. The number of benzene rings is 1. The van der Waals surface area contributed by atoms with Gasteiger partial charge in [0.15, 0.2) is 5.16 Å². The van der Waals surface area contributed by atoms with E-state index >= 15 is 0 Å². The Morgan fingerprint density at radius 1 is 1.26 bits per heavy atom. The molecule has 1 aromatic heterocycles. The number of cyclic esters (lactones) is 1. The highest BCUT2D eigenvalue weighted by Gasteiger charge is 2.36. The third-order valence-corrected chi connectivity index (χ3v) is 5.43. The second kappa shape index (κ2) is 6.00. The number of aromatic nitrogens is 3. The van der Waals surface area contributed by atoms with E-state index in [-0.39, 0.29) is 17.3 Å². The predicted octanol–water partition coefficient (Wildman–Crippen LogP) is 3.00. The fourth-order valence-electron chi connectivity index (χ4n) is 2.89. The standard InChI is InChI=1S/C17H19N3O2S/c1-11-9-14(16(21)22-11)23-17-19-18-15(13-7-8-13)20(17)10-12-5-3-2-4-6-12/h2-6,11,13-14H,7-10H2,1H3. The maximum Gasteiger partial charge on any atom is 0.319 e. The van der Waals surface area contributed by atoms with E-state index in [1.165, 1.54) is 30.2 Å². The minimum Gasteiger partial charge on any atom is -0.462 e. The Balaban J connectivity index is 1.60. The number of carbonyl (C=O) groups is 1. The summed E-state index contributed by atoms with van der Waals surface area (Å²) < 4.78 is 7.43. The molecule has 0 amide bonds. The van der Waals surface area contributed by atoms with Gasteiger partial charge in [-0.1, -0.05) is 42.1 Å². The fraction of sp³-hybridized carbons (Fsp3) is 0.471. The molecule has 1 aliphatic carbocycles. The molecule has 0 radical (unpaired) electrons. The Morgan fingerprint density at radius 3 is 2.70 bits per heavy atom. The van der Waals surface area contributed by atoms with E-state index in [0.717, 1.165) is 23.9 Å². The van der Waals surface area contributed by atoms with Gasteiger partial charge in [0.25, 0.3) is 0 Å². The Bertz CT molecular complexity index is 712. The Morgan fingerprint density at radius 2 is 2.04 bits per heavy atom. The number of nitrogens with zero attached hydrogens (tertiary/aromatic N) is 3. The van der Waals surface area contributed by atoms with E-state index in [0.29, 0.717) is 5.92 Å². The molecule has 4 rings (SSSR count). The van der Waals surface area contributed by atoms with E-state index in [1.807, 2.05) is 25.1 Å². The van der Waals surface area contributed by atoms with Gasteiger partial charge in [0.05, 0.1) is 6.54 Å². The minimum atomic E-state index is -0.171. The summed E-state index contributed by atoms with van der Waals surface area (Å²) in [4.78, 5) is 11.9. The summed E-state index contributed by atoms with van der Waals surface area (Å²) in [6.07, 6.45) is 3.09. The van der Waals surface area contributed by atoms with Crippen molar-refractivity contribution in [1.82, 2.24) is 14.8 Å². The Labute approximate surface area is 139 Å². The fourth-order valence-corrected chi connectivity index (χ4v) is 4.04. The number of thioether (sulfide) groups is 1. The van der Waals surface area contributed by atoms with Gasteiger partial charge in [-0.25, -0.2) is 0 Å². The van der Waals surface area contributed by atoms with Crippen molar-refractivity contribution in [2.75, 3.05) is 0 Å². The molecule has 1 aromatic carbocycles. The highest BCUT2D eigenvalue weighted by atomic mass is 32.2. The maximum absolute atomic E-state index is 11.9. The molecule has 2 atom stereocenters. The van der Waals surface area contributed by atoms with Gasteiger partial charge in [-0.05, 0) is 25.3 Å². The summed E-state index contributed by atoms with van der Waals surface area (Å²) in [6.45, 7) is 2.68. The lowest BCUT2D eigenvalue weighted by Gasteiger charge is -2.11. The van der Waals surface area contributed by atoms with Crippen LogP contribution in [0, 0.1) is 0 Å². The predicted molar refractivity (Wildman–Crippen MR) is 87.4 cm³/mol. The average Bonchev–Trinajstić information content (AvgIpc) is 3.24. The SMILES string of the molecule is CC1CC(Sc2nnc(C3CC3)n2Cc2ccccc2)C(=O)O1. The largest absolute Gasteiger partial charge is 0.462 e. The first-order chi connectivity index (χ1) is 11.2. The average molecular weight is 329 g/mol. The van der Waals surface area contributed by atoms with E-state index < -0.39 is 0 Å². The number of hydrogen-bond acceptors (Lipinski definition) is 5. The van der Waals surface area contributed by atoms with Crippen LogP contribution in [0.2, 0.25) is 0 Å². The quantitative estimate of drug-likeness (QED) is 0.789.